The first kappa shape index (κ1) is 33.4. The highest BCUT2D eigenvalue weighted by Gasteiger charge is 2.16. The first-order valence-electron chi connectivity index (χ1n) is 10.4. The minimum Gasteiger partial charge on any atom is -0.478 e. The van der Waals surface area contributed by atoms with Crippen LogP contribution in [-0.2, 0) is 14.3 Å². The number of carbonyl (C=O) groups excluding carboxylic acids is 2. The molecule has 31 heavy (non-hydrogen) atoms. The Kier molecular flexibility index (Phi) is 18.8. The highest BCUT2D eigenvalue weighted by Crippen LogP contribution is 2.18. The Bertz CT molecular complexity index is 653. The number of aromatic carboxylic acids is 1. The molecule has 6 nitrogen and oxygen atoms in total. The van der Waals surface area contributed by atoms with E-state index < -0.39 is 5.97 Å². The lowest BCUT2D eigenvalue weighted by Gasteiger charge is -2.11. The maximum Gasteiger partial charge on any atom is 0.335 e. The van der Waals surface area contributed by atoms with Crippen molar-refractivity contribution < 1.29 is 24.2 Å². The molecule has 3 N–H and O–H groups in total. The molecule has 0 radical (unpaired) electrons. The Morgan fingerprint density at radius 3 is 1.71 bits per heavy atom. The van der Waals surface area contributed by atoms with E-state index in [1.54, 1.807) is 12.1 Å². The maximum atomic E-state index is 10.7. The van der Waals surface area contributed by atoms with Gasteiger partial charge in [-0.1, -0.05) is 74.1 Å². The molecule has 0 heterocycles. The number of nitrogens with two attached hydrogens (primary N) is 1. The van der Waals surface area contributed by atoms with Crippen LogP contribution in [0.1, 0.15) is 91.1 Å². The normalized spacial score (nSPS) is 11.9. The van der Waals surface area contributed by atoms with Gasteiger partial charge in [0.15, 0.2) is 0 Å². The van der Waals surface area contributed by atoms with Crippen molar-refractivity contribution in [2.75, 3.05) is 7.11 Å². The van der Waals surface area contributed by atoms with E-state index in [9.17, 15) is 14.4 Å². The first-order valence-corrected chi connectivity index (χ1v) is 10.4. The molecule has 0 bridgehead atoms. The second kappa shape index (κ2) is 17.5. The maximum absolute atomic E-state index is 10.7. The van der Waals surface area contributed by atoms with E-state index in [4.69, 9.17) is 10.8 Å². The fraction of sp³-hybridized carbons (Fsp3) is 0.640. The molecule has 1 aromatic rings. The summed E-state index contributed by atoms with van der Waals surface area (Å²) < 4.78 is 4.53. The lowest BCUT2D eigenvalue weighted by Crippen LogP contribution is -2.29. The van der Waals surface area contributed by atoms with E-state index in [1.807, 2.05) is 46.8 Å². The lowest BCUT2D eigenvalue weighted by molar-refractivity contribution is -0.146. The van der Waals surface area contributed by atoms with Crippen LogP contribution in [0.25, 0.3) is 0 Å². The van der Waals surface area contributed by atoms with Crippen LogP contribution in [0.5, 0.6) is 0 Å². The Labute approximate surface area is 189 Å². The van der Waals surface area contributed by atoms with Gasteiger partial charge in [0.1, 0.15) is 5.78 Å². The van der Waals surface area contributed by atoms with Crippen LogP contribution in [0.3, 0.4) is 0 Å². The summed E-state index contributed by atoms with van der Waals surface area (Å²) in [5.41, 5.74) is 6.77. The molecule has 1 aromatic carbocycles. The molecule has 0 saturated carbocycles. The molecule has 0 fully saturated rings. The molecule has 2 atom stereocenters. The van der Waals surface area contributed by atoms with Crippen LogP contribution in [-0.4, -0.2) is 36.0 Å². The smallest absolute Gasteiger partial charge is 0.335 e. The molecule has 0 aliphatic carbocycles. The van der Waals surface area contributed by atoms with Crippen molar-refractivity contribution >= 4 is 17.7 Å². The Hall–Kier alpha value is -2.21. The molecule has 0 aliphatic heterocycles. The number of ether oxygens (including phenoxy) is 1. The molecule has 0 amide bonds. The SMILES string of the molecule is C.CC(=O)C(N)CC(C)C.CC(C)c1ccccc1C(=O)O.COC(=O)C(C)C(C)C. The van der Waals surface area contributed by atoms with E-state index in [1.165, 1.54) is 14.0 Å². The predicted octanol–water partition coefficient (Wildman–Crippen LogP) is 5.54. The number of carboxylic acid groups (broad SMARTS) is 1. The number of methoxy groups -OCH3 is 1. The minimum absolute atomic E-state index is 0. The monoisotopic (exact) mass is 439 g/mol. The molecular weight excluding hydrogens is 394 g/mol. The zero-order valence-electron chi connectivity index (χ0n) is 20.1. The number of ketones is 1. The lowest BCUT2D eigenvalue weighted by atomic mass is 9.97. The van der Waals surface area contributed by atoms with Crippen molar-refractivity contribution in [3.8, 4) is 0 Å². The molecule has 0 spiro atoms. The largest absolute Gasteiger partial charge is 0.478 e. The third kappa shape index (κ3) is 15.3. The van der Waals surface area contributed by atoms with Gasteiger partial charge >= 0.3 is 11.9 Å². The van der Waals surface area contributed by atoms with E-state index in [2.05, 4.69) is 18.6 Å². The van der Waals surface area contributed by atoms with Gasteiger partial charge in [0.05, 0.1) is 24.6 Å². The van der Waals surface area contributed by atoms with Crippen LogP contribution in [0.15, 0.2) is 24.3 Å². The third-order valence-electron chi connectivity index (χ3n) is 4.63. The van der Waals surface area contributed by atoms with Gasteiger partial charge in [-0.15, -0.1) is 0 Å². The standard InChI is InChI=1S/C10H12O2.C7H15NO.C7H14O2.CH4/c1-7(2)8-5-3-4-6-9(8)10(11)12;1-5(2)4-7(8)6(3)9;1-5(2)6(3)7(8)9-4;/h3-7H,1-2H3,(H,11,12);5,7H,4,8H2,1-3H3;5-6H,1-4H3;1H4. The zero-order valence-corrected chi connectivity index (χ0v) is 20.1. The highest BCUT2D eigenvalue weighted by molar-refractivity contribution is 5.89. The number of carboxylic acids is 1. The molecule has 180 valence electrons. The van der Waals surface area contributed by atoms with Crippen LogP contribution in [0, 0.1) is 17.8 Å². The van der Waals surface area contributed by atoms with Gasteiger partial charge in [0.25, 0.3) is 0 Å². The zero-order chi connectivity index (χ0) is 24.0. The molecule has 0 aromatic heterocycles. The van der Waals surface area contributed by atoms with Crippen molar-refractivity contribution in [3.05, 3.63) is 35.4 Å². The van der Waals surface area contributed by atoms with Crippen molar-refractivity contribution in [2.45, 2.75) is 81.2 Å². The fourth-order valence-corrected chi connectivity index (χ4v) is 2.33. The molecule has 1 rings (SSSR count). The van der Waals surface area contributed by atoms with E-state index >= 15 is 0 Å². The Morgan fingerprint density at radius 2 is 1.48 bits per heavy atom. The summed E-state index contributed by atoms with van der Waals surface area (Å²) in [6.07, 6.45) is 0.801. The van der Waals surface area contributed by atoms with Crippen LogP contribution in [0.2, 0.25) is 0 Å². The number of benzene rings is 1. The van der Waals surface area contributed by atoms with Gasteiger partial charge in [-0.2, -0.15) is 0 Å². The second-order valence-corrected chi connectivity index (χ2v) is 8.45. The topological polar surface area (TPSA) is 107 Å². The van der Waals surface area contributed by atoms with Crippen molar-refractivity contribution in [1.29, 1.82) is 0 Å². The van der Waals surface area contributed by atoms with Crippen molar-refractivity contribution in [2.24, 2.45) is 23.5 Å². The van der Waals surface area contributed by atoms with Crippen molar-refractivity contribution in [3.63, 3.8) is 0 Å². The summed E-state index contributed by atoms with van der Waals surface area (Å²) in [5, 5.41) is 8.81. The second-order valence-electron chi connectivity index (χ2n) is 8.45. The van der Waals surface area contributed by atoms with Crippen LogP contribution >= 0.6 is 0 Å². The van der Waals surface area contributed by atoms with E-state index in [0.29, 0.717) is 17.4 Å². The summed E-state index contributed by atoms with van der Waals surface area (Å²) >= 11 is 0. The Balaban J connectivity index is -0.000000380. The third-order valence-corrected chi connectivity index (χ3v) is 4.63. The van der Waals surface area contributed by atoms with Crippen LogP contribution < -0.4 is 5.73 Å². The quantitative estimate of drug-likeness (QED) is 0.540. The molecule has 2 unspecified atom stereocenters. The number of Topliss-reactive ketones (excluding diaryl/α,β-unsaturated/α-hetero) is 1. The van der Waals surface area contributed by atoms with Gasteiger partial charge < -0.3 is 15.6 Å². The van der Waals surface area contributed by atoms with Gasteiger partial charge in [0, 0.05) is 0 Å². The number of esters is 1. The highest BCUT2D eigenvalue weighted by atomic mass is 16.5. The average Bonchev–Trinajstić information content (AvgIpc) is 2.66. The first-order chi connectivity index (χ1) is 13.8. The van der Waals surface area contributed by atoms with Gasteiger partial charge in [-0.05, 0) is 42.7 Å². The molecule has 0 aliphatic rings. The molecular formula is C25H45NO5. The van der Waals surface area contributed by atoms with E-state index in [-0.39, 0.29) is 37.1 Å². The fourth-order valence-electron chi connectivity index (χ4n) is 2.33. The summed E-state index contributed by atoms with van der Waals surface area (Å²) in [7, 11) is 1.42. The minimum atomic E-state index is -0.848. The summed E-state index contributed by atoms with van der Waals surface area (Å²) in [6, 6.07) is 6.85. The average molecular weight is 440 g/mol. The number of hydrogen-bond acceptors (Lipinski definition) is 5. The molecule has 6 heteroatoms. The molecule has 0 saturated heterocycles. The number of hydrogen-bond donors (Lipinski definition) is 2. The summed E-state index contributed by atoms with van der Waals surface area (Å²) in [5.74, 6) is 0.293. The predicted molar refractivity (Wildman–Crippen MR) is 128 cm³/mol. The van der Waals surface area contributed by atoms with Gasteiger partial charge in [-0.3, -0.25) is 9.59 Å². The van der Waals surface area contributed by atoms with Crippen LogP contribution in [0.4, 0.5) is 0 Å². The van der Waals surface area contributed by atoms with Crippen molar-refractivity contribution in [1.82, 2.24) is 0 Å². The van der Waals surface area contributed by atoms with Gasteiger partial charge in [-0.25, -0.2) is 4.79 Å². The van der Waals surface area contributed by atoms with E-state index in [0.717, 1.165) is 12.0 Å². The Morgan fingerprint density at radius 1 is 1.00 bits per heavy atom. The summed E-state index contributed by atoms with van der Waals surface area (Å²) in [4.78, 5) is 32.0. The number of carbonyl (C=O) groups is 3. The summed E-state index contributed by atoms with van der Waals surface area (Å²) in [6.45, 7) is 15.5. The van der Waals surface area contributed by atoms with Gasteiger partial charge in [0.2, 0.25) is 0 Å². The number of rotatable bonds is 7.